The van der Waals surface area contributed by atoms with Crippen LogP contribution in [0.25, 0.3) is 27.6 Å². The number of pyridine rings is 1. The number of methoxy groups -OCH3 is 1. The fraction of sp³-hybridized carbons (Fsp3) is 0.586. The molecule has 9 nitrogen and oxygen atoms in total. The van der Waals surface area contributed by atoms with Gasteiger partial charge in [-0.3, -0.25) is 10.00 Å². The van der Waals surface area contributed by atoms with Gasteiger partial charge in [0.05, 0.1) is 30.6 Å². The van der Waals surface area contributed by atoms with Gasteiger partial charge in [-0.05, 0) is 57.4 Å². The summed E-state index contributed by atoms with van der Waals surface area (Å²) in [5, 5.41) is 11.9. The highest BCUT2D eigenvalue weighted by molar-refractivity contribution is 7.15. The molecule has 4 aromatic rings. The van der Waals surface area contributed by atoms with Gasteiger partial charge >= 0.3 is 6.18 Å². The Labute approximate surface area is 245 Å². The van der Waals surface area contributed by atoms with E-state index in [2.05, 4.69) is 25.2 Å². The predicted molar refractivity (Wildman–Crippen MR) is 152 cm³/mol. The Morgan fingerprint density at radius 1 is 1.17 bits per heavy atom. The summed E-state index contributed by atoms with van der Waals surface area (Å²) in [6.45, 7) is 6.13. The fourth-order valence-electron chi connectivity index (χ4n) is 7.12. The van der Waals surface area contributed by atoms with Crippen molar-refractivity contribution < 1.29 is 22.6 Å². The minimum absolute atomic E-state index is 0.0628. The van der Waals surface area contributed by atoms with Crippen LogP contribution < -0.4 is 4.74 Å². The number of halogens is 3. The maximum atomic E-state index is 13.9. The first-order valence-electron chi connectivity index (χ1n) is 14.5. The van der Waals surface area contributed by atoms with E-state index in [-0.39, 0.29) is 11.3 Å². The fourth-order valence-corrected chi connectivity index (χ4v) is 8.38. The summed E-state index contributed by atoms with van der Waals surface area (Å²) < 4.78 is 54.1. The number of hydrogen-bond acceptors (Lipinski definition) is 8. The van der Waals surface area contributed by atoms with Gasteiger partial charge in [0, 0.05) is 60.0 Å². The average molecular weight is 602 g/mol. The number of aryl methyl sites for hydroxylation is 1. The summed E-state index contributed by atoms with van der Waals surface area (Å²) in [5.41, 5.74) is 2.87. The summed E-state index contributed by atoms with van der Waals surface area (Å²) in [7, 11) is 1.49. The number of nitrogens with one attached hydrogen (secondary N) is 1. The number of nitrogens with zero attached hydrogens (tertiary/aromatic N) is 6. The van der Waals surface area contributed by atoms with E-state index >= 15 is 0 Å². The summed E-state index contributed by atoms with van der Waals surface area (Å²) in [5.74, 6) is 0.773. The number of hydrogen-bond donors (Lipinski definition) is 1. The lowest BCUT2D eigenvalue weighted by atomic mass is 9.71. The molecule has 3 aliphatic rings. The van der Waals surface area contributed by atoms with Gasteiger partial charge in [0.15, 0.2) is 11.4 Å². The maximum Gasteiger partial charge on any atom is 0.393 e. The number of H-pyrrole nitrogens is 1. The second kappa shape index (κ2) is 10.6. The largest absolute Gasteiger partial charge is 0.493 e. The van der Waals surface area contributed by atoms with Crippen LogP contribution in [0.4, 0.5) is 13.2 Å². The molecule has 1 N–H and O–H groups in total. The maximum absolute atomic E-state index is 13.9. The van der Waals surface area contributed by atoms with Crippen molar-refractivity contribution in [3.8, 4) is 27.7 Å². The SMILES string of the molecule is COc1cc(-c2n[nH]c(-c3nc(C)c(C4CCC(N5CC6(CCOCC6)C5)CC4)s3)c2CC(F)(F)F)cn2ncnc12. The highest BCUT2D eigenvalue weighted by Crippen LogP contribution is 2.47. The Hall–Kier alpha value is -3.03. The minimum atomic E-state index is -4.43. The first-order chi connectivity index (χ1) is 20.2. The number of aromatic nitrogens is 6. The number of rotatable bonds is 6. The van der Waals surface area contributed by atoms with Crippen molar-refractivity contribution in [3.05, 3.63) is 34.7 Å². The van der Waals surface area contributed by atoms with Gasteiger partial charge in [-0.25, -0.2) is 14.5 Å². The third kappa shape index (κ3) is 5.09. The normalized spacial score (nSPS) is 23.0. The van der Waals surface area contributed by atoms with Crippen LogP contribution in [0.2, 0.25) is 0 Å². The number of alkyl halides is 3. The van der Waals surface area contributed by atoms with Gasteiger partial charge in [-0.15, -0.1) is 11.3 Å². The molecule has 13 heteroatoms. The van der Waals surface area contributed by atoms with Crippen LogP contribution >= 0.6 is 11.3 Å². The monoisotopic (exact) mass is 601 g/mol. The van der Waals surface area contributed by atoms with E-state index in [0.29, 0.717) is 45.0 Å². The van der Waals surface area contributed by atoms with E-state index in [1.807, 2.05) is 6.92 Å². The summed E-state index contributed by atoms with van der Waals surface area (Å²) >= 11 is 1.50. The van der Waals surface area contributed by atoms with Crippen molar-refractivity contribution in [1.29, 1.82) is 0 Å². The standard InChI is InChI=1S/C29H34F3N7O2S/c1-17-25(18-3-5-20(6-4-18)38-14-28(15-38)7-9-41-10-8-28)42-27(35-17)24-21(12-29(30,31)32)23(36-37-24)19-11-22(40-2)26-33-16-34-39(26)13-19/h11,13,16,18,20H,3-10,12,14-15H2,1-2H3,(H,36,37). The number of likely N-dealkylation sites (tertiary alicyclic amines) is 1. The van der Waals surface area contributed by atoms with Gasteiger partial charge in [0.1, 0.15) is 11.3 Å². The van der Waals surface area contributed by atoms with E-state index in [1.165, 1.54) is 60.1 Å². The molecule has 0 unspecified atom stereocenters. The zero-order valence-electron chi connectivity index (χ0n) is 23.7. The Morgan fingerprint density at radius 2 is 1.93 bits per heavy atom. The summed E-state index contributed by atoms with van der Waals surface area (Å²) in [4.78, 5) is 12.8. The van der Waals surface area contributed by atoms with E-state index in [1.54, 1.807) is 12.3 Å². The molecule has 0 aromatic carbocycles. The van der Waals surface area contributed by atoms with Gasteiger partial charge < -0.3 is 9.47 Å². The van der Waals surface area contributed by atoms with Crippen LogP contribution in [0.5, 0.6) is 5.75 Å². The zero-order chi connectivity index (χ0) is 29.1. The molecule has 0 bridgehead atoms. The Balaban J connectivity index is 1.12. The highest BCUT2D eigenvalue weighted by Gasteiger charge is 2.46. The third-order valence-electron chi connectivity index (χ3n) is 9.34. The van der Waals surface area contributed by atoms with Gasteiger partial charge in [-0.1, -0.05) is 0 Å². The molecule has 2 aliphatic heterocycles. The highest BCUT2D eigenvalue weighted by atomic mass is 32.1. The molecule has 1 aliphatic carbocycles. The first kappa shape index (κ1) is 27.8. The van der Waals surface area contributed by atoms with Crippen molar-refractivity contribution >= 4 is 17.0 Å². The minimum Gasteiger partial charge on any atom is -0.493 e. The molecular weight excluding hydrogens is 567 g/mol. The van der Waals surface area contributed by atoms with E-state index < -0.39 is 12.6 Å². The molecule has 3 fully saturated rings. The third-order valence-corrected chi connectivity index (χ3v) is 10.7. The van der Waals surface area contributed by atoms with E-state index in [0.717, 1.165) is 44.6 Å². The molecule has 42 heavy (non-hydrogen) atoms. The Morgan fingerprint density at radius 3 is 2.64 bits per heavy atom. The van der Waals surface area contributed by atoms with Crippen LogP contribution in [0.15, 0.2) is 18.6 Å². The molecule has 6 heterocycles. The molecule has 0 amide bonds. The lowest BCUT2D eigenvalue weighted by molar-refractivity contribution is -0.127. The van der Waals surface area contributed by atoms with Gasteiger partial charge in [-0.2, -0.15) is 23.4 Å². The predicted octanol–water partition coefficient (Wildman–Crippen LogP) is 5.80. The molecule has 1 saturated carbocycles. The molecule has 0 radical (unpaired) electrons. The van der Waals surface area contributed by atoms with Crippen molar-refractivity contribution in [2.24, 2.45) is 5.41 Å². The van der Waals surface area contributed by atoms with Crippen molar-refractivity contribution in [3.63, 3.8) is 0 Å². The molecule has 4 aromatic heterocycles. The molecule has 2 saturated heterocycles. The van der Waals surface area contributed by atoms with Crippen LogP contribution in [-0.2, 0) is 11.2 Å². The zero-order valence-corrected chi connectivity index (χ0v) is 24.5. The average Bonchev–Trinajstić information content (AvgIpc) is 3.69. The van der Waals surface area contributed by atoms with E-state index in [9.17, 15) is 13.2 Å². The van der Waals surface area contributed by atoms with Crippen LogP contribution in [0.1, 0.15) is 60.6 Å². The van der Waals surface area contributed by atoms with Gasteiger partial charge in [0.25, 0.3) is 0 Å². The smallest absolute Gasteiger partial charge is 0.393 e. The lowest BCUT2D eigenvalue weighted by Gasteiger charge is -2.56. The van der Waals surface area contributed by atoms with E-state index in [4.69, 9.17) is 14.5 Å². The second-order valence-electron chi connectivity index (χ2n) is 12.0. The lowest BCUT2D eigenvalue weighted by Crippen LogP contribution is -2.61. The van der Waals surface area contributed by atoms with Crippen molar-refractivity contribution in [2.75, 3.05) is 33.4 Å². The molecule has 224 valence electrons. The number of fused-ring (bicyclic) bond motifs is 1. The summed E-state index contributed by atoms with van der Waals surface area (Å²) in [6, 6.07) is 2.26. The first-order valence-corrected chi connectivity index (χ1v) is 15.3. The number of thiazole rings is 1. The number of ether oxygens (including phenoxy) is 2. The molecular formula is C29H34F3N7O2S. The number of aromatic amines is 1. The second-order valence-corrected chi connectivity index (χ2v) is 13.1. The van der Waals surface area contributed by atoms with Crippen molar-refractivity contribution in [1.82, 2.24) is 34.7 Å². The van der Waals surface area contributed by atoms with Crippen molar-refractivity contribution in [2.45, 2.75) is 70.0 Å². The van der Waals surface area contributed by atoms with Crippen LogP contribution in [0.3, 0.4) is 0 Å². The van der Waals surface area contributed by atoms with Gasteiger partial charge in [0.2, 0.25) is 0 Å². The Bertz CT molecular complexity index is 1570. The quantitative estimate of drug-likeness (QED) is 0.299. The topological polar surface area (TPSA) is 93.5 Å². The van der Waals surface area contributed by atoms with Crippen LogP contribution in [0, 0.1) is 12.3 Å². The molecule has 0 atom stereocenters. The molecule has 7 rings (SSSR count). The molecule has 1 spiro atoms. The van der Waals surface area contributed by atoms with Crippen LogP contribution in [-0.4, -0.2) is 80.3 Å². The Kier molecular flexibility index (Phi) is 7.01. The summed E-state index contributed by atoms with van der Waals surface area (Å²) in [6.07, 6.45) is 4.20.